The number of oxime groups is 1. The van der Waals surface area contributed by atoms with Crippen molar-refractivity contribution in [2.24, 2.45) is 5.16 Å². The zero-order valence-electron chi connectivity index (χ0n) is 9.15. The first-order valence-electron chi connectivity index (χ1n) is 4.74. The second-order valence-electron chi connectivity index (χ2n) is 3.20. The van der Waals surface area contributed by atoms with E-state index in [0.29, 0.717) is 0 Å². The first kappa shape index (κ1) is 16.6. The monoisotopic (exact) mass is 274 g/mol. The number of rotatable bonds is 4. The van der Waals surface area contributed by atoms with Crippen LogP contribution >= 0.6 is 0 Å². The number of carboxylic acid groups (broad SMARTS) is 1. The van der Waals surface area contributed by atoms with E-state index in [0.717, 1.165) is 18.8 Å². The lowest BCUT2D eigenvalue weighted by molar-refractivity contribution is -0.192. The fourth-order valence-corrected chi connectivity index (χ4v) is 0.569. The third-order valence-electron chi connectivity index (χ3n) is 1.57. The molecule has 1 rings (SSSR count). The lowest BCUT2D eigenvalue weighted by Crippen LogP contribution is -2.42. The third kappa shape index (κ3) is 7.81. The number of carboxylic acids is 1. The van der Waals surface area contributed by atoms with Crippen molar-refractivity contribution in [2.45, 2.75) is 12.3 Å². The molecule has 106 valence electrons. The lowest BCUT2D eigenvalue weighted by atomic mass is 10.2. The van der Waals surface area contributed by atoms with Crippen molar-refractivity contribution in [3.8, 4) is 0 Å². The Labute approximate surface area is 99.8 Å². The Morgan fingerprint density at radius 1 is 1.50 bits per heavy atom. The maximum absolute atomic E-state index is 10.6. The maximum atomic E-state index is 10.6. The topological polar surface area (TPSA) is 111 Å². The van der Waals surface area contributed by atoms with E-state index in [1.165, 1.54) is 0 Å². The fraction of sp³-hybridized carbons (Fsp3) is 0.750. The summed E-state index contributed by atoms with van der Waals surface area (Å²) in [6.45, 7) is 1.29. The van der Waals surface area contributed by atoms with E-state index in [1.54, 1.807) is 0 Å². The van der Waals surface area contributed by atoms with Gasteiger partial charge in [0, 0.05) is 13.1 Å². The van der Waals surface area contributed by atoms with E-state index < -0.39 is 18.2 Å². The van der Waals surface area contributed by atoms with Gasteiger partial charge >= 0.3 is 12.1 Å². The first-order chi connectivity index (χ1) is 8.27. The molecule has 0 unspecified atom stereocenters. The number of aliphatic hydroxyl groups is 2. The highest BCUT2D eigenvalue weighted by Gasteiger charge is 2.38. The van der Waals surface area contributed by atoms with Gasteiger partial charge in [-0.25, -0.2) is 4.79 Å². The number of aliphatic hydroxyl groups excluding tert-OH is 2. The van der Waals surface area contributed by atoms with Gasteiger partial charge in [-0.1, -0.05) is 5.16 Å². The van der Waals surface area contributed by atoms with Crippen molar-refractivity contribution in [2.75, 3.05) is 26.3 Å². The summed E-state index contributed by atoms with van der Waals surface area (Å²) in [5.41, 5.74) is 0.940. The normalized spacial score (nSPS) is 15.9. The van der Waals surface area contributed by atoms with Crippen molar-refractivity contribution in [3.05, 3.63) is 0 Å². The lowest BCUT2D eigenvalue weighted by Gasteiger charge is -2.16. The molecule has 0 aromatic rings. The molecule has 1 saturated heterocycles. The van der Waals surface area contributed by atoms with Gasteiger partial charge in [-0.15, -0.1) is 0 Å². The van der Waals surface area contributed by atoms with Crippen molar-refractivity contribution >= 4 is 11.7 Å². The van der Waals surface area contributed by atoms with Crippen LogP contribution in [0.4, 0.5) is 13.2 Å². The van der Waals surface area contributed by atoms with E-state index in [-0.39, 0.29) is 13.2 Å². The highest BCUT2D eigenvalue weighted by molar-refractivity contribution is 5.92. The number of nitrogens with one attached hydrogen (secondary N) is 1. The molecule has 0 bridgehead atoms. The van der Waals surface area contributed by atoms with Crippen LogP contribution in [0.1, 0.15) is 0 Å². The molecular formula is C8H13F3N2O5. The van der Waals surface area contributed by atoms with E-state index in [9.17, 15) is 13.2 Å². The van der Waals surface area contributed by atoms with Gasteiger partial charge in [0.25, 0.3) is 0 Å². The first-order valence-corrected chi connectivity index (χ1v) is 4.74. The third-order valence-corrected chi connectivity index (χ3v) is 1.57. The molecule has 4 N–H and O–H groups in total. The number of aliphatic carboxylic acids is 1. The van der Waals surface area contributed by atoms with Gasteiger partial charge in [0.15, 0.2) is 0 Å². The highest BCUT2D eigenvalue weighted by atomic mass is 19.4. The van der Waals surface area contributed by atoms with Gasteiger partial charge in [-0.3, -0.25) is 0 Å². The van der Waals surface area contributed by atoms with Gasteiger partial charge in [0.05, 0.1) is 12.3 Å². The second kappa shape index (κ2) is 7.84. The van der Waals surface area contributed by atoms with E-state index in [2.05, 4.69) is 10.5 Å². The zero-order chi connectivity index (χ0) is 14.2. The molecule has 1 atom stereocenters. The molecule has 0 aliphatic carbocycles. The molecule has 1 heterocycles. The number of hydrogen-bond acceptors (Lipinski definition) is 6. The second-order valence-corrected chi connectivity index (χ2v) is 3.20. The minimum atomic E-state index is -5.08. The van der Waals surface area contributed by atoms with Crippen molar-refractivity contribution < 1.29 is 38.1 Å². The van der Waals surface area contributed by atoms with E-state index in [4.69, 9.17) is 25.0 Å². The van der Waals surface area contributed by atoms with Gasteiger partial charge in [0.1, 0.15) is 12.7 Å². The Morgan fingerprint density at radius 2 is 2.00 bits per heavy atom. The Kier molecular flexibility index (Phi) is 7.24. The zero-order valence-corrected chi connectivity index (χ0v) is 9.15. The van der Waals surface area contributed by atoms with Crippen LogP contribution in [0, 0.1) is 0 Å². The van der Waals surface area contributed by atoms with Crippen LogP contribution in [-0.2, 0) is 9.63 Å². The van der Waals surface area contributed by atoms with Crippen molar-refractivity contribution in [1.29, 1.82) is 0 Å². The van der Waals surface area contributed by atoms with Crippen molar-refractivity contribution in [1.82, 2.24) is 5.32 Å². The van der Waals surface area contributed by atoms with Crippen LogP contribution in [0.15, 0.2) is 5.16 Å². The summed E-state index contributed by atoms with van der Waals surface area (Å²) < 4.78 is 31.7. The summed E-state index contributed by atoms with van der Waals surface area (Å²) >= 11 is 0. The number of alkyl halides is 3. The Balaban J connectivity index is 0.000000360. The van der Waals surface area contributed by atoms with Gasteiger partial charge < -0.3 is 25.5 Å². The summed E-state index contributed by atoms with van der Waals surface area (Å²) in [4.78, 5) is 13.6. The highest BCUT2D eigenvalue weighted by Crippen LogP contribution is 2.13. The SMILES string of the molecule is O=C(O)C(F)(F)F.OC[C@H](O)CON=C1CNC1. The van der Waals surface area contributed by atoms with Gasteiger partial charge in [-0.2, -0.15) is 13.2 Å². The molecule has 0 saturated carbocycles. The smallest absolute Gasteiger partial charge is 0.475 e. The summed E-state index contributed by atoms with van der Waals surface area (Å²) in [5, 5.41) is 31.0. The molecule has 0 radical (unpaired) electrons. The molecule has 7 nitrogen and oxygen atoms in total. The predicted octanol–water partition coefficient (Wildman–Crippen LogP) is -1.05. The predicted molar refractivity (Wildman–Crippen MR) is 53.0 cm³/mol. The van der Waals surface area contributed by atoms with Gasteiger partial charge in [0.2, 0.25) is 0 Å². The molecule has 1 fully saturated rings. The summed E-state index contributed by atoms with van der Waals surface area (Å²) in [6, 6.07) is 0. The largest absolute Gasteiger partial charge is 0.490 e. The Bertz CT molecular complexity index is 289. The molecule has 0 amide bonds. The molecule has 1 aliphatic rings. The van der Waals surface area contributed by atoms with Crippen LogP contribution in [0.25, 0.3) is 0 Å². The Hall–Kier alpha value is -1.39. The molecule has 0 aromatic carbocycles. The molecule has 18 heavy (non-hydrogen) atoms. The number of hydrogen-bond donors (Lipinski definition) is 4. The Morgan fingerprint density at radius 3 is 2.28 bits per heavy atom. The van der Waals surface area contributed by atoms with Crippen LogP contribution in [0.3, 0.4) is 0 Å². The molecule has 1 aliphatic heterocycles. The van der Waals surface area contributed by atoms with Crippen LogP contribution in [-0.4, -0.2) is 65.6 Å². The van der Waals surface area contributed by atoms with Crippen LogP contribution in [0.2, 0.25) is 0 Å². The average Bonchev–Trinajstić information content (AvgIpc) is 2.20. The fourth-order valence-electron chi connectivity index (χ4n) is 0.569. The van der Waals surface area contributed by atoms with E-state index >= 15 is 0 Å². The number of nitrogens with zero attached hydrogens (tertiary/aromatic N) is 1. The molecule has 0 spiro atoms. The van der Waals surface area contributed by atoms with Crippen LogP contribution < -0.4 is 5.32 Å². The maximum Gasteiger partial charge on any atom is 0.490 e. The standard InChI is InChI=1S/C6H12N2O3.C2HF3O2/c9-3-6(10)4-11-8-5-1-7-2-5;3-2(4,5)1(6)7/h6-7,9-10H,1-4H2;(H,6,7)/t6-;/m0./s1. The quantitative estimate of drug-likeness (QED) is 0.487. The summed E-state index contributed by atoms with van der Waals surface area (Å²) in [7, 11) is 0. The van der Waals surface area contributed by atoms with E-state index in [1.807, 2.05) is 0 Å². The average molecular weight is 274 g/mol. The van der Waals surface area contributed by atoms with Gasteiger partial charge in [-0.05, 0) is 0 Å². The summed E-state index contributed by atoms with van der Waals surface area (Å²) in [6.07, 6.45) is -5.91. The van der Waals surface area contributed by atoms with Crippen LogP contribution in [0.5, 0.6) is 0 Å². The number of carbonyl (C=O) groups is 1. The molecule has 0 aromatic heterocycles. The summed E-state index contributed by atoms with van der Waals surface area (Å²) in [5.74, 6) is -2.76. The minimum Gasteiger partial charge on any atom is -0.475 e. The number of halogens is 3. The van der Waals surface area contributed by atoms with Crippen molar-refractivity contribution in [3.63, 3.8) is 0 Å². The molecular weight excluding hydrogens is 261 g/mol. The molecule has 10 heteroatoms. The minimum absolute atomic E-state index is 0.0556.